The molecule has 1 atom stereocenters. The van der Waals surface area contributed by atoms with Crippen LogP contribution in [-0.4, -0.2) is 40.5 Å². The molecule has 1 aromatic carbocycles. The van der Waals surface area contributed by atoms with Crippen molar-refractivity contribution in [2.24, 2.45) is 0 Å². The van der Waals surface area contributed by atoms with E-state index in [4.69, 9.17) is 9.47 Å². The number of fused-ring (bicyclic) bond motifs is 1. The summed E-state index contributed by atoms with van der Waals surface area (Å²) in [7, 11) is 0. The molecular weight excluding hydrogens is 306 g/mol. The molecule has 1 amide bonds. The SMILES string of the molecule is Cc1cnc(C(=O)N2CCCC2c2ccc3c(c2)OCCO3)cn1. The van der Waals surface area contributed by atoms with Gasteiger partial charge in [0.25, 0.3) is 5.91 Å². The standard InChI is InChI=1S/C18H19N3O3/c1-12-10-20-14(11-19-12)18(22)21-6-2-3-15(21)13-4-5-16-17(9-13)24-8-7-23-16/h4-5,9-11,15H,2-3,6-8H2,1H3. The van der Waals surface area contributed by atoms with Gasteiger partial charge in [-0.25, -0.2) is 4.98 Å². The van der Waals surface area contributed by atoms with Gasteiger partial charge in [-0.3, -0.25) is 9.78 Å². The highest BCUT2D eigenvalue weighted by Crippen LogP contribution is 2.38. The number of benzene rings is 1. The number of hydrogen-bond acceptors (Lipinski definition) is 5. The van der Waals surface area contributed by atoms with Crippen LogP contribution in [0.25, 0.3) is 0 Å². The van der Waals surface area contributed by atoms with Gasteiger partial charge in [0.1, 0.15) is 18.9 Å². The van der Waals surface area contributed by atoms with E-state index in [2.05, 4.69) is 9.97 Å². The predicted octanol–water partition coefficient (Wildman–Crippen LogP) is 2.53. The van der Waals surface area contributed by atoms with Gasteiger partial charge >= 0.3 is 0 Å². The lowest BCUT2D eigenvalue weighted by Crippen LogP contribution is -2.31. The zero-order valence-electron chi connectivity index (χ0n) is 13.6. The number of hydrogen-bond donors (Lipinski definition) is 0. The number of aromatic nitrogens is 2. The summed E-state index contributed by atoms with van der Waals surface area (Å²) < 4.78 is 11.2. The van der Waals surface area contributed by atoms with Crippen molar-refractivity contribution in [1.82, 2.24) is 14.9 Å². The molecule has 6 nitrogen and oxygen atoms in total. The first kappa shape index (κ1) is 14.9. The molecule has 6 heteroatoms. The van der Waals surface area contributed by atoms with E-state index in [1.54, 1.807) is 12.4 Å². The van der Waals surface area contributed by atoms with Gasteiger partial charge in [-0.2, -0.15) is 0 Å². The molecule has 124 valence electrons. The Kier molecular flexibility index (Phi) is 3.80. The van der Waals surface area contributed by atoms with E-state index in [9.17, 15) is 4.79 Å². The molecule has 0 radical (unpaired) electrons. The third-order valence-corrected chi connectivity index (χ3v) is 4.46. The van der Waals surface area contributed by atoms with Gasteiger partial charge in [-0.15, -0.1) is 0 Å². The predicted molar refractivity (Wildman–Crippen MR) is 87.2 cm³/mol. The van der Waals surface area contributed by atoms with Gasteiger partial charge in [0.05, 0.1) is 17.9 Å². The van der Waals surface area contributed by atoms with E-state index < -0.39 is 0 Å². The number of ether oxygens (including phenoxy) is 2. The Hall–Kier alpha value is -2.63. The minimum Gasteiger partial charge on any atom is -0.486 e. The smallest absolute Gasteiger partial charge is 0.274 e. The van der Waals surface area contributed by atoms with Gasteiger partial charge in [-0.05, 0) is 37.5 Å². The normalized spacial score (nSPS) is 19.4. The van der Waals surface area contributed by atoms with Crippen LogP contribution in [0.1, 0.15) is 40.6 Å². The monoisotopic (exact) mass is 325 g/mol. The maximum atomic E-state index is 12.8. The number of aryl methyl sites for hydroxylation is 1. The van der Waals surface area contributed by atoms with Crippen LogP contribution in [0, 0.1) is 6.92 Å². The first-order chi connectivity index (χ1) is 11.7. The molecular formula is C18H19N3O3. The molecule has 4 rings (SSSR count). The molecule has 1 fully saturated rings. The molecule has 0 aliphatic carbocycles. The molecule has 0 spiro atoms. The first-order valence-corrected chi connectivity index (χ1v) is 8.21. The molecule has 1 saturated heterocycles. The number of nitrogens with zero attached hydrogens (tertiary/aromatic N) is 3. The van der Waals surface area contributed by atoms with Crippen LogP contribution < -0.4 is 9.47 Å². The average Bonchev–Trinajstić information content (AvgIpc) is 3.11. The summed E-state index contributed by atoms with van der Waals surface area (Å²) in [5, 5.41) is 0. The largest absolute Gasteiger partial charge is 0.486 e. The van der Waals surface area contributed by atoms with Gasteiger partial charge in [-0.1, -0.05) is 6.07 Å². The van der Waals surface area contributed by atoms with Crippen LogP contribution >= 0.6 is 0 Å². The van der Waals surface area contributed by atoms with E-state index in [0.29, 0.717) is 18.9 Å². The minimum absolute atomic E-state index is 0.0384. The van der Waals surface area contributed by atoms with Crippen LogP contribution in [0.2, 0.25) is 0 Å². The highest BCUT2D eigenvalue weighted by molar-refractivity contribution is 5.92. The van der Waals surface area contributed by atoms with Crippen molar-refractivity contribution in [3.8, 4) is 11.5 Å². The van der Waals surface area contributed by atoms with E-state index in [1.807, 2.05) is 30.0 Å². The summed E-state index contributed by atoms with van der Waals surface area (Å²) in [6, 6.07) is 5.98. The maximum Gasteiger partial charge on any atom is 0.274 e. The van der Waals surface area contributed by atoms with Crippen molar-refractivity contribution < 1.29 is 14.3 Å². The van der Waals surface area contributed by atoms with Crippen molar-refractivity contribution >= 4 is 5.91 Å². The van der Waals surface area contributed by atoms with Crippen molar-refractivity contribution in [1.29, 1.82) is 0 Å². The van der Waals surface area contributed by atoms with Crippen molar-refractivity contribution in [3.05, 3.63) is 47.5 Å². The number of carbonyl (C=O) groups excluding carboxylic acids is 1. The maximum absolute atomic E-state index is 12.8. The summed E-state index contributed by atoms with van der Waals surface area (Å²) >= 11 is 0. The Balaban J connectivity index is 1.60. The molecule has 2 aliphatic rings. The number of likely N-dealkylation sites (tertiary alicyclic amines) is 1. The highest BCUT2D eigenvalue weighted by atomic mass is 16.6. The van der Waals surface area contributed by atoms with E-state index >= 15 is 0 Å². The summed E-state index contributed by atoms with van der Waals surface area (Å²) in [5.74, 6) is 1.46. The zero-order chi connectivity index (χ0) is 16.5. The molecule has 0 bridgehead atoms. The fourth-order valence-corrected chi connectivity index (χ4v) is 3.27. The third-order valence-electron chi connectivity index (χ3n) is 4.46. The van der Waals surface area contributed by atoms with E-state index in [1.165, 1.54) is 0 Å². The minimum atomic E-state index is -0.0695. The second-order valence-electron chi connectivity index (χ2n) is 6.10. The lowest BCUT2D eigenvalue weighted by Gasteiger charge is -2.26. The van der Waals surface area contributed by atoms with Gasteiger partial charge in [0.2, 0.25) is 0 Å². The van der Waals surface area contributed by atoms with E-state index in [0.717, 1.165) is 42.1 Å². The van der Waals surface area contributed by atoms with Gasteiger partial charge in [0.15, 0.2) is 11.5 Å². The summed E-state index contributed by atoms with van der Waals surface area (Å²) in [5.41, 5.74) is 2.27. The summed E-state index contributed by atoms with van der Waals surface area (Å²) in [6.07, 6.45) is 5.09. The van der Waals surface area contributed by atoms with Crippen LogP contribution in [-0.2, 0) is 0 Å². The van der Waals surface area contributed by atoms with Gasteiger partial charge < -0.3 is 14.4 Å². The number of carbonyl (C=O) groups is 1. The Morgan fingerprint density at radius 3 is 2.79 bits per heavy atom. The van der Waals surface area contributed by atoms with Gasteiger partial charge in [0, 0.05) is 12.7 Å². The van der Waals surface area contributed by atoms with Crippen LogP contribution in [0.15, 0.2) is 30.6 Å². The van der Waals surface area contributed by atoms with Crippen molar-refractivity contribution in [2.45, 2.75) is 25.8 Å². The molecule has 2 aromatic rings. The lowest BCUT2D eigenvalue weighted by atomic mass is 10.0. The van der Waals surface area contributed by atoms with E-state index in [-0.39, 0.29) is 11.9 Å². The first-order valence-electron chi connectivity index (χ1n) is 8.21. The fraction of sp³-hybridized carbons (Fsp3) is 0.389. The number of rotatable bonds is 2. The molecule has 2 aliphatic heterocycles. The fourth-order valence-electron chi connectivity index (χ4n) is 3.27. The van der Waals surface area contributed by atoms with Crippen LogP contribution in [0.5, 0.6) is 11.5 Å². The molecule has 3 heterocycles. The zero-order valence-corrected chi connectivity index (χ0v) is 13.6. The molecule has 0 saturated carbocycles. The average molecular weight is 325 g/mol. The third kappa shape index (κ3) is 2.68. The summed E-state index contributed by atoms with van der Waals surface area (Å²) in [4.78, 5) is 23.1. The Labute approximate surface area is 140 Å². The molecule has 24 heavy (non-hydrogen) atoms. The van der Waals surface area contributed by atoms with Crippen LogP contribution in [0.4, 0.5) is 0 Å². The summed E-state index contributed by atoms with van der Waals surface area (Å²) in [6.45, 7) is 3.72. The topological polar surface area (TPSA) is 64.6 Å². The second kappa shape index (κ2) is 6.11. The lowest BCUT2D eigenvalue weighted by molar-refractivity contribution is 0.0728. The quantitative estimate of drug-likeness (QED) is 0.849. The molecule has 1 aromatic heterocycles. The Morgan fingerprint density at radius 1 is 1.17 bits per heavy atom. The van der Waals surface area contributed by atoms with Crippen LogP contribution in [0.3, 0.4) is 0 Å². The highest BCUT2D eigenvalue weighted by Gasteiger charge is 2.32. The molecule has 0 N–H and O–H groups in total. The Bertz CT molecular complexity index is 761. The van der Waals surface area contributed by atoms with Crippen molar-refractivity contribution in [3.63, 3.8) is 0 Å². The molecule has 1 unspecified atom stereocenters. The second-order valence-corrected chi connectivity index (χ2v) is 6.10. The number of amides is 1. The Morgan fingerprint density at radius 2 is 2.00 bits per heavy atom. The van der Waals surface area contributed by atoms with Crippen molar-refractivity contribution in [2.75, 3.05) is 19.8 Å².